The lowest BCUT2D eigenvalue weighted by Gasteiger charge is -2.31. The molecule has 3 aromatic rings. The molecule has 1 N–H and O–H groups in total. The summed E-state index contributed by atoms with van der Waals surface area (Å²) in [6.45, 7) is 1.98. The van der Waals surface area contributed by atoms with Crippen LogP contribution in [0.25, 0.3) is 0 Å². The second kappa shape index (κ2) is 9.41. The van der Waals surface area contributed by atoms with Crippen molar-refractivity contribution < 1.29 is 9.59 Å². The fourth-order valence-corrected chi connectivity index (χ4v) is 5.07. The molecule has 0 fully saturated rings. The van der Waals surface area contributed by atoms with Gasteiger partial charge in [-0.15, -0.1) is 11.8 Å². The van der Waals surface area contributed by atoms with Gasteiger partial charge < -0.3 is 5.32 Å². The normalized spacial score (nSPS) is 12.1. The highest BCUT2D eigenvalue weighted by Crippen LogP contribution is 2.48. The quantitative estimate of drug-likeness (QED) is 0.460. The predicted octanol–water partition coefficient (Wildman–Crippen LogP) is 6.35. The molecule has 30 heavy (non-hydrogen) atoms. The first-order valence-corrected chi connectivity index (χ1v) is 11.7. The number of thioether (sulfide) groups is 1. The molecular weight excluding hydrogens is 412 g/mol. The predicted molar refractivity (Wildman–Crippen MR) is 125 cm³/mol. The van der Waals surface area contributed by atoms with Gasteiger partial charge in [-0.3, -0.25) is 14.5 Å². The van der Waals surface area contributed by atoms with Gasteiger partial charge in [0, 0.05) is 26.8 Å². The van der Waals surface area contributed by atoms with E-state index in [0.29, 0.717) is 12.2 Å². The lowest BCUT2D eigenvalue weighted by atomic mass is 10.2. The molecule has 1 heterocycles. The molecule has 0 saturated heterocycles. The number of fused-ring (bicyclic) bond motifs is 2. The van der Waals surface area contributed by atoms with Gasteiger partial charge in [-0.2, -0.15) is 0 Å². The van der Waals surface area contributed by atoms with Gasteiger partial charge in [0.15, 0.2) is 0 Å². The van der Waals surface area contributed by atoms with Gasteiger partial charge in [-0.05, 0) is 55.0 Å². The number of para-hydroxylation sites is 2. The third-order valence-electron chi connectivity index (χ3n) is 4.66. The number of hydrogen-bond donors (Lipinski definition) is 1. The molecule has 4 nitrogen and oxygen atoms in total. The number of hydrogen-bond acceptors (Lipinski definition) is 4. The monoisotopic (exact) mass is 434 g/mol. The van der Waals surface area contributed by atoms with E-state index in [1.165, 1.54) is 11.8 Å². The third-order valence-corrected chi connectivity index (χ3v) is 6.79. The first-order chi connectivity index (χ1) is 14.7. The zero-order valence-electron chi connectivity index (χ0n) is 16.6. The number of amides is 2. The van der Waals surface area contributed by atoms with Gasteiger partial charge >= 0.3 is 0 Å². The van der Waals surface area contributed by atoms with Crippen LogP contribution in [0.3, 0.4) is 0 Å². The lowest BCUT2D eigenvalue weighted by Crippen LogP contribution is -2.29. The van der Waals surface area contributed by atoms with Gasteiger partial charge in [0.1, 0.15) is 0 Å². The molecule has 3 aromatic carbocycles. The molecule has 152 valence electrons. The van der Waals surface area contributed by atoms with Crippen LogP contribution in [0.15, 0.2) is 87.5 Å². The Morgan fingerprint density at radius 2 is 1.50 bits per heavy atom. The van der Waals surface area contributed by atoms with Crippen LogP contribution in [-0.4, -0.2) is 17.6 Å². The minimum absolute atomic E-state index is 0.0216. The Balaban J connectivity index is 1.47. The maximum absolute atomic E-state index is 13.2. The summed E-state index contributed by atoms with van der Waals surface area (Å²) in [7, 11) is 0. The Bertz CT molecular complexity index is 1020. The van der Waals surface area contributed by atoms with Crippen LogP contribution < -0.4 is 10.2 Å². The summed E-state index contributed by atoms with van der Waals surface area (Å²) >= 11 is 3.19. The molecule has 4 rings (SSSR count). The van der Waals surface area contributed by atoms with Crippen LogP contribution in [0.5, 0.6) is 0 Å². The Labute approximate surface area is 185 Å². The highest BCUT2D eigenvalue weighted by molar-refractivity contribution is 8.00. The molecule has 1 aliphatic rings. The molecule has 2 amide bonds. The first-order valence-electron chi connectivity index (χ1n) is 9.87. The SMILES string of the molecule is CCCC(=O)Nc1ccc(SCC(=O)N2c3ccccc3Sc3ccccc32)cc1. The van der Waals surface area contributed by atoms with Crippen molar-refractivity contribution in [2.24, 2.45) is 0 Å². The summed E-state index contributed by atoms with van der Waals surface area (Å²) < 4.78 is 0. The Morgan fingerprint density at radius 1 is 0.900 bits per heavy atom. The Morgan fingerprint density at radius 3 is 2.10 bits per heavy atom. The summed E-state index contributed by atoms with van der Waals surface area (Å²) in [5, 5.41) is 2.88. The van der Waals surface area contributed by atoms with Crippen molar-refractivity contribution in [3.63, 3.8) is 0 Å². The topological polar surface area (TPSA) is 49.4 Å². The van der Waals surface area contributed by atoms with Gasteiger partial charge in [0.2, 0.25) is 11.8 Å². The number of nitrogens with one attached hydrogen (secondary N) is 1. The number of benzene rings is 3. The van der Waals surface area contributed by atoms with E-state index in [2.05, 4.69) is 17.4 Å². The standard InChI is InChI=1S/C24H22N2O2S2/c1-2-7-23(27)25-17-12-14-18(15-13-17)29-16-24(28)26-19-8-3-5-10-21(19)30-22-11-6-4-9-20(22)26/h3-6,8-15H,2,7,16H2,1H3,(H,25,27). The van der Waals surface area contributed by atoms with Crippen LogP contribution in [-0.2, 0) is 9.59 Å². The largest absolute Gasteiger partial charge is 0.326 e. The molecule has 0 saturated carbocycles. The van der Waals surface area contributed by atoms with E-state index in [1.807, 2.05) is 72.5 Å². The smallest absolute Gasteiger partial charge is 0.241 e. The number of nitrogens with zero attached hydrogens (tertiary/aromatic N) is 1. The summed E-state index contributed by atoms with van der Waals surface area (Å²) in [6, 6.07) is 23.6. The van der Waals surface area contributed by atoms with Gasteiger partial charge in [0.05, 0.1) is 17.1 Å². The van der Waals surface area contributed by atoms with E-state index in [-0.39, 0.29) is 11.8 Å². The van der Waals surface area contributed by atoms with Crippen LogP contribution in [0.1, 0.15) is 19.8 Å². The van der Waals surface area contributed by atoms with Crippen LogP contribution >= 0.6 is 23.5 Å². The fraction of sp³-hybridized carbons (Fsp3) is 0.167. The minimum Gasteiger partial charge on any atom is -0.326 e. The van der Waals surface area contributed by atoms with Gasteiger partial charge in [-0.1, -0.05) is 43.0 Å². The number of rotatable bonds is 6. The van der Waals surface area contributed by atoms with Gasteiger partial charge in [-0.25, -0.2) is 0 Å². The van der Waals surface area contributed by atoms with Crippen molar-refractivity contribution in [2.75, 3.05) is 16.0 Å². The third kappa shape index (κ3) is 4.55. The molecule has 0 aliphatic carbocycles. The second-order valence-corrected chi connectivity index (χ2v) is 9.01. The van der Waals surface area contributed by atoms with E-state index in [4.69, 9.17) is 0 Å². The second-order valence-electron chi connectivity index (χ2n) is 6.88. The average molecular weight is 435 g/mol. The highest BCUT2D eigenvalue weighted by Gasteiger charge is 2.27. The van der Waals surface area contributed by atoms with Crippen molar-refractivity contribution in [3.8, 4) is 0 Å². The van der Waals surface area contributed by atoms with Crippen LogP contribution in [0.4, 0.5) is 17.1 Å². The molecule has 0 unspecified atom stereocenters. The minimum atomic E-state index is 0.0216. The molecule has 0 aromatic heterocycles. The molecule has 1 aliphatic heterocycles. The van der Waals surface area contributed by atoms with Crippen molar-refractivity contribution in [3.05, 3.63) is 72.8 Å². The van der Waals surface area contributed by atoms with E-state index in [0.717, 1.165) is 38.2 Å². The summed E-state index contributed by atoms with van der Waals surface area (Å²) in [6.07, 6.45) is 1.34. The Kier molecular flexibility index (Phi) is 6.45. The zero-order valence-corrected chi connectivity index (χ0v) is 18.3. The van der Waals surface area contributed by atoms with Crippen molar-refractivity contribution in [1.29, 1.82) is 0 Å². The van der Waals surface area contributed by atoms with Crippen molar-refractivity contribution >= 4 is 52.4 Å². The van der Waals surface area contributed by atoms with Gasteiger partial charge in [0.25, 0.3) is 0 Å². The fourth-order valence-electron chi connectivity index (χ4n) is 3.27. The molecule has 6 heteroatoms. The van der Waals surface area contributed by atoms with Crippen LogP contribution in [0.2, 0.25) is 0 Å². The molecule has 0 bridgehead atoms. The average Bonchev–Trinajstić information content (AvgIpc) is 2.77. The highest BCUT2D eigenvalue weighted by atomic mass is 32.2. The lowest BCUT2D eigenvalue weighted by molar-refractivity contribution is -0.116. The summed E-state index contributed by atoms with van der Waals surface area (Å²) in [4.78, 5) is 29.9. The molecule has 0 spiro atoms. The number of carbonyl (C=O) groups is 2. The number of anilines is 3. The molecular formula is C24H22N2O2S2. The molecule has 0 atom stereocenters. The van der Waals surface area contributed by atoms with E-state index < -0.39 is 0 Å². The van der Waals surface area contributed by atoms with E-state index in [9.17, 15) is 9.59 Å². The summed E-state index contributed by atoms with van der Waals surface area (Å²) in [5.41, 5.74) is 2.64. The van der Waals surface area contributed by atoms with E-state index >= 15 is 0 Å². The van der Waals surface area contributed by atoms with Crippen LogP contribution in [0, 0.1) is 0 Å². The van der Waals surface area contributed by atoms with Crippen molar-refractivity contribution in [1.82, 2.24) is 0 Å². The van der Waals surface area contributed by atoms with Crippen molar-refractivity contribution in [2.45, 2.75) is 34.5 Å². The maximum Gasteiger partial charge on any atom is 0.241 e. The Hall–Kier alpha value is -2.70. The summed E-state index contributed by atoms with van der Waals surface area (Å²) in [5.74, 6) is 0.392. The zero-order chi connectivity index (χ0) is 20.9. The van der Waals surface area contributed by atoms with E-state index in [1.54, 1.807) is 11.8 Å². The maximum atomic E-state index is 13.2. The molecule has 0 radical (unpaired) electrons. The first kappa shape index (κ1) is 20.6. The number of carbonyl (C=O) groups excluding carboxylic acids is 2.